The highest BCUT2D eigenvalue weighted by Gasteiger charge is 2.42. The van der Waals surface area contributed by atoms with Crippen LogP contribution in [0.25, 0.3) is 43.4 Å². The molecule has 0 bridgehead atoms. The Hall–Kier alpha value is -4.65. The molecule has 7 aromatic rings. The van der Waals surface area contributed by atoms with Crippen LogP contribution >= 0.6 is 7.29 Å². The number of hydrogen-bond donors (Lipinski definition) is 0. The summed E-state index contributed by atoms with van der Waals surface area (Å²) in [6.07, 6.45) is 0. The van der Waals surface area contributed by atoms with E-state index in [1.54, 1.807) is 0 Å². The summed E-state index contributed by atoms with van der Waals surface area (Å²) >= 11 is 0. The minimum Gasteiger partial charge on any atom is -0.289 e. The summed E-state index contributed by atoms with van der Waals surface area (Å²) < 4.78 is 18.0. The van der Waals surface area contributed by atoms with Crippen molar-refractivity contribution < 1.29 is 4.57 Å². The standard InChI is InChI=1S/C36H24NOP/c38-39(26-22-23-31-29-16-5-4-14-27(29)28-15-6-7-17-30(28)34(31)24-26)36-21-11-9-19-33(36)32-18-8-10-20-35(32)37(39)25-12-2-1-3-13-25/h1-24H. The predicted octanol–water partition coefficient (Wildman–Crippen LogP) is 9.19. The number of anilines is 2. The number of rotatable bonds is 2. The van der Waals surface area contributed by atoms with Crippen molar-refractivity contribution in [3.8, 4) is 11.1 Å². The zero-order chi connectivity index (χ0) is 26.0. The summed E-state index contributed by atoms with van der Waals surface area (Å²) in [6.45, 7) is 0. The molecule has 1 aliphatic heterocycles. The first-order valence-electron chi connectivity index (χ1n) is 13.2. The van der Waals surface area contributed by atoms with E-state index in [9.17, 15) is 0 Å². The first kappa shape index (κ1) is 22.3. The molecule has 1 aliphatic rings. The average Bonchev–Trinajstić information content (AvgIpc) is 3.02. The van der Waals surface area contributed by atoms with Gasteiger partial charge in [0.1, 0.15) is 0 Å². The van der Waals surface area contributed by atoms with Gasteiger partial charge in [-0.15, -0.1) is 0 Å². The molecule has 1 unspecified atom stereocenters. The molecule has 184 valence electrons. The van der Waals surface area contributed by atoms with Crippen molar-refractivity contribution in [1.29, 1.82) is 0 Å². The van der Waals surface area contributed by atoms with Gasteiger partial charge in [0.2, 0.25) is 7.29 Å². The quantitative estimate of drug-likeness (QED) is 0.168. The maximum Gasteiger partial charge on any atom is 0.234 e. The van der Waals surface area contributed by atoms with Crippen LogP contribution in [0.4, 0.5) is 11.4 Å². The van der Waals surface area contributed by atoms with Crippen LogP contribution in [0.15, 0.2) is 146 Å². The van der Waals surface area contributed by atoms with Crippen molar-refractivity contribution in [1.82, 2.24) is 0 Å². The van der Waals surface area contributed by atoms with E-state index in [0.717, 1.165) is 38.5 Å². The summed E-state index contributed by atoms with van der Waals surface area (Å²) in [5, 5.41) is 8.85. The second-order valence-corrected chi connectivity index (χ2v) is 12.6. The van der Waals surface area contributed by atoms with Gasteiger partial charge in [-0.1, -0.05) is 109 Å². The first-order chi connectivity index (χ1) is 19.2. The molecular formula is C36H24NOP. The molecule has 0 N–H and O–H groups in total. The number of nitrogens with zero attached hydrogens (tertiary/aromatic N) is 1. The Bertz CT molecular complexity index is 2080. The highest BCUT2D eigenvalue weighted by atomic mass is 31.2. The van der Waals surface area contributed by atoms with Crippen LogP contribution in [0.5, 0.6) is 0 Å². The average molecular weight is 518 g/mol. The number of benzene rings is 7. The molecule has 0 spiro atoms. The van der Waals surface area contributed by atoms with E-state index in [1.807, 2.05) is 42.5 Å². The van der Waals surface area contributed by atoms with Gasteiger partial charge in [0.25, 0.3) is 0 Å². The van der Waals surface area contributed by atoms with E-state index < -0.39 is 7.29 Å². The van der Waals surface area contributed by atoms with Crippen molar-refractivity contribution in [3.05, 3.63) is 146 Å². The number of para-hydroxylation sites is 2. The molecule has 0 aliphatic carbocycles. The second kappa shape index (κ2) is 8.43. The molecule has 0 saturated heterocycles. The lowest BCUT2D eigenvalue weighted by atomic mass is 9.94. The first-order valence-corrected chi connectivity index (χ1v) is 14.9. The summed E-state index contributed by atoms with van der Waals surface area (Å²) in [4.78, 5) is 0. The van der Waals surface area contributed by atoms with Gasteiger partial charge in [0.05, 0.1) is 5.69 Å². The topological polar surface area (TPSA) is 20.3 Å². The van der Waals surface area contributed by atoms with E-state index in [2.05, 4.69) is 108 Å². The van der Waals surface area contributed by atoms with E-state index in [-0.39, 0.29) is 0 Å². The maximum absolute atomic E-state index is 15.9. The van der Waals surface area contributed by atoms with Crippen molar-refractivity contribution in [2.75, 3.05) is 4.67 Å². The highest BCUT2D eigenvalue weighted by molar-refractivity contribution is 7.80. The molecule has 0 amide bonds. The van der Waals surface area contributed by atoms with Crippen LogP contribution in [0.3, 0.4) is 0 Å². The molecule has 0 saturated carbocycles. The lowest BCUT2D eigenvalue weighted by molar-refractivity contribution is 0.587. The Morgan fingerprint density at radius 1 is 0.436 bits per heavy atom. The molecule has 39 heavy (non-hydrogen) atoms. The van der Waals surface area contributed by atoms with E-state index >= 15 is 4.57 Å². The molecule has 1 heterocycles. The lowest BCUT2D eigenvalue weighted by Gasteiger charge is -2.40. The third-order valence-electron chi connectivity index (χ3n) is 8.01. The summed E-state index contributed by atoms with van der Waals surface area (Å²) in [5.41, 5.74) is 4.02. The SMILES string of the molecule is O=P1(c2ccc3c4ccccc4c4ccccc4c3c2)c2ccccc2-c2ccccc2N1c1ccccc1. The van der Waals surface area contributed by atoms with Gasteiger partial charge >= 0.3 is 0 Å². The Morgan fingerprint density at radius 3 is 1.64 bits per heavy atom. The van der Waals surface area contributed by atoms with Gasteiger partial charge in [-0.2, -0.15) is 0 Å². The van der Waals surface area contributed by atoms with Crippen LogP contribution in [0.1, 0.15) is 0 Å². The summed E-state index contributed by atoms with van der Waals surface area (Å²) in [5.74, 6) is 0. The van der Waals surface area contributed by atoms with Crippen molar-refractivity contribution in [2.45, 2.75) is 0 Å². The molecule has 1 atom stereocenters. The van der Waals surface area contributed by atoms with Gasteiger partial charge in [0, 0.05) is 21.9 Å². The van der Waals surface area contributed by atoms with Crippen LogP contribution in [-0.4, -0.2) is 0 Å². The third kappa shape index (κ3) is 3.13. The Morgan fingerprint density at radius 2 is 0.949 bits per heavy atom. The number of fused-ring (bicyclic) bond motifs is 9. The largest absolute Gasteiger partial charge is 0.289 e. The maximum atomic E-state index is 15.9. The normalized spacial score (nSPS) is 16.4. The van der Waals surface area contributed by atoms with Gasteiger partial charge in [-0.05, 0) is 74.3 Å². The lowest BCUT2D eigenvalue weighted by Crippen LogP contribution is -2.33. The fourth-order valence-electron chi connectivity index (χ4n) is 6.32. The summed E-state index contributed by atoms with van der Waals surface area (Å²) in [7, 11) is -3.33. The van der Waals surface area contributed by atoms with Crippen molar-refractivity contribution >= 4 is 61.6 Å². The molecule has 0 aromatic heterocycles. The Labute approximate surface area is 227 Å². The van der Waals surface area contributed by atoms with Crippen LogP contribution < -0.4 is 15.3 Å². The van der Waals surface area contributed by atoms with Crippen LogP contribution in [-0.2, 0) is 4.57 Å². The van der Waals surface area contributed by atoms with E-state index in [4.69, 9.17) is 0 Å². The molecule has 0 fully saturated rings. The molecule has 0 radical (unpaired) electrons. The zero-order valence-electron chi connectivity index (χ0n) is 21.2. The van der Waals surface area contributed by atoms with Crippen LogP contribution in [0.2, 0.25) is 0 Å². The minimum atomic E-state index is -3.33. The molecule has 8 rings (SSSR count). The monoisotopic (exact) mass is 517 g/mol. The van der Waals surface area contributed by atoms with Crippen molar-refractivity contribution in [3.63, 3.8) is 0 Å². The Balaban J connectivity index is 1.50. The molecule has 3 heteroatoms. The van der Waals surface area contributed by atoms with Gasteiger partial charge in [-0.3, -0.25) is 9.24 Å². The third-order valence-corrected chi connectivity index (χ3v) is 11.0. The zero-order valence-corrected chi connectivity index (χ0v) is 22.1. The smallest absolute Gasteiger partial charge is 0.234 e. The van der Waals surface area contributed by atoms with Gasteiger partial charge in [-0.25, -0.2) is 0 Å². The van der Waals surface area contributed by atoms with E-state index in [0.29, 0.717) is 0 Å². The second-order valence-electron chi connectivity index (χ2n) is 10.1. The molecule has 7 aromatic carbocycles. The number of hydrogen-bond acceptors (Lipinski definition) is 1. The predicted molar refractivity (Wildman–Crippen MR) is 166 cm³/mol. The van der Waals surface area contributed by atoms with Gasteiger partial charge < -0.3 is 0 Å². The molecule has 2 nitrogen and oxygen atoms in total. The minimum absolute atomic E-state index is 0.834. The van der Waals surface area contributed by atoms with Crippen molar-refractivity contribution in [2.24, 2.45) is 0 Å². The molecular weight excluding hydrogens is 493 g/mol. The summed E-state index contributed by atoms with van der Waals surface area (Å²) in [6, 6.07) is 50.2. The van der Waals surface area contributed by atoms with E-state index in [1.165, 1.54) is 26.9 Å². The Kier molecular flexibility index (Phi) is 4.83. The fourth-order valence-corrected chi connectivity index (χ4v) is 9.37. The van der Waals surface area contributed by atoms with Crippen LogP contribution in [0, 0.1) is 0 Å². The fraction of sp³-hybridized carbons (Fsp3) is 0. The highest BCUT2D eigenvalue weighted by Crippen LogP contribution is 2.61. The van der Waals surface area contributed by atoms with Gasteiger partial charge in [0.15, 0.2) is 0 Å².